The van der Waals surface area contributed by atoms with Crippen molar-refractivity contribution in [1.82, 2.24) is 5.32 Å². The Kier molecular flexibility index (Phi) is 6.52. The zero-order chi connectivity index (χ0) is 12.7. The number of hydrogen-bond acceptors (Lipinski definition) is 2. The van der Waals surface area contributed by atoms with Gasteiger partial charge in [-0.2, -0.15) is 0 Å². The molecular weight excluding hydrogens is 198 g/mol. The Morgan fingerprint density at radius 1 is 1.19 bits per heavy atom. The third-order valence-electron chi connectivity index (χ3n) is 3.51. The monoisotopic (exact) mass is 225 g/mol. The predicted molar refractivity (Wildman–Crippen MR) is 70.2 cm³/mol. The quantitative estimate of drug-likeness (QED) is 0.506. The van der Waals surface area contributed by atoms with Crippen molar-refractivity contribution in [3.05, 3.63) is 0 Å². The van der Waals surface area contributed by atoms with E-state index in [2.05, 4.69) is 46.0 Å². The van der Waals surface area contributed by atoms with Crippen LogP contribution in [0.15, 0.2) is 0 Å². The van der Waals surface area contributed by atoms with Crippen molar-refractivity contribution in [3.8, 4) is 12.5 Å². The summed E-state index contributed by atoms with van der Waals surface area (Å²) in [5.74, 6) is 0. The standard InChI is InChI=1S/C14H27NO/c1-7-13(5,12-15-9-3)11-14(6,8-2)16-10-4/h3,15H,7-8,10-12H2,1-2,4-6H3. The van der Waals surface area contributed by atoms with Crippen molar-refractivity contribution in [1.29, 1.82) is 0 Å². The van der Waals surface area contributed by atoms with E-state index in [1.54, 1.807) is 0 Å². The fourth-order valence-electron chi connectivity index (χ4n) is 2.11. The molecule has 2 unspecified atom stereocenters. The van der Waals surface area contributed by atoms with E-state index < -0.39 is 0 Å². The third kappa shape index (κ3) is 4.90. The van der Waals surface area contributed by atoms with Gasteiger partial charge in [-0.05, 0) is 38.5 Å². The maximum Gasteiger partial charge on any atom is 0.0657 e. The lowest BCUT2D eigenvalue weighted by Gasteiger charge is -2.38. The molecule has 0 aliphatic carbocycles. The Labute approximate surface area is 101 Å². The maximum absolute atomic E-state index is 5.88. The lowest BCUT2D eigenvalue weighted by atomic mass is 9.76. The lowest BCUT2D eigenvalue weighted by Crippen LogP contribution is -2.39. The van der Waals surface area contributed by atoms with E-state index in [4.69, 9.17) is 11.2 Å². The minimum atomic E-state index is -0.0320. The second-order valence-corrected chi connectivity index (χ2v) is 5.08. The van der Waals surface area contributed by atoms with Gasteiger partial charge in [0.15, 0.2) is 0 Å². The summed E-state index contributed by atoms with van der Waals surface area (Å²) >= 11 is 0. The largest absolute Gasteiger partial charge is 0.376 e. The van der Waals surface area contributed by atoms with Crippen LogP contribution in [0.25, 0.3) is 0 Å². The van der Waals surface area contributed by atoms with Crippen LogP contribution in [0.5, 0.6) is 0 Å². The minimum absolute atomic E-state index is 0.0320. The van der Waals surface area contributed by atoms with Crippen molar-refractivity contribution >= 4 is 0 Å². The molecule has 0 bridgehead atoms. The highest BCUT2D eigenvalue weighted by molar-refractivity contribution is 4.90. The fourth-order valence-corrected chi connectivity index (χ4v) is 2.11. The zero-order valence-electron chi connectivity index (χ0n) is 11.5. The van der Waals surface area contributed by atoms with Crippen LogP contribution in [0.4, 0.5) is 0 Å². The first-order chi connectivity index (χ1) is 7.45. The van der Waals surface area contributed by atoms with Crippen LogP contribution in [0.2, 0.25) is 0 Å². The van der Waals surface area contributed by atoms with E-state index in [9.17, 15) is 0 Å². The highest BCUT2D eigenvalue weighted by Crippen LogP contribution is 2.35. The molecule has 2 heteroatoms. The van der Waals surface area contributed by atoms with Gasteiger partial charge in [-0.1, -0.05) is 27.2 Å². The molecule has 0 aliphatic rings. The number of terminal acetylenes is 1. The Hall–Kier alpha value is -0.680. The second-order valence-electron chi connectivity index (χ2n) is 5.08. The van der Waals surface area contributed by atoms with Crippen LogP contribution >= 0.6 is 0 Å². The Morgan fingerprint density at radius 2 is 1.81 bits per heavy atom. The van der Waals surface area contributed by atoms with Gasteiger partial charge < -0.3 is 10.1 Å². The van der Waals surface area contributed by atoms with Gasteiger partial charge in [0.2, 0.25) is 0 Å². The summed E-state index contributed by atoms with van der Waals surface area (Å²) in [4.78, 5) is 0. The minimum Gasteiger partial charge on any atom is -0.376 e. The molecule has 0 aromatic carbocycles. The van der Waals surface area contributed by atoms with Gasteiger partial charge in [0.05, 0.1) is 5.60 Å². The highest BCUT2D eigenvalue weighted by atomic mass is 16.5. The molecule has 2 nitrogen and oxygen atoms in total. The van der Waals surface area contributed by atoms with Crippen LogP contribution in [0.3, 0.4) is 0 Å². The molecule has 0 saturated heterocycles. The normalized spacial score (nSPS) is 18.2. The average molecular weight is 225 g/mol. The molecule has 0 aromatic rings. The van der Waals surface area contributed by atoms with E-state index in [-0.39, 0.29) is 11.0 Å². The number of rotatable bonds is 8. The molecule has 0 aliphatic heterocycles. The first-order valence-corrected chi connectivity index (χ1v) is 6.27. The molecule has 0 heterocycles. The molecule has 16 heavy (non-hydrogen) atoms. The second kappa shape index (κ2) is 6.81. The molecule has 0 aromatic heterocycles. The van der Waals surface area contributed by atoms with E-state index >= 15 is 0 Å². The Balaban J connectivity index is 4.54. The van der Waals surface area contributed by atoms with Crippen LogP contribution in [0.1, 0.15) is 53.9 Å². The maximum atomic E-state index is 5.88. The highest BCUT2D eigenvalue weighted by Gasteiger charge is 2.33. The van der Waals surface area contributed by atoms with Gasteiger partial charge in [0, 0.05) is 19.2 Å². The molecule has 0 radical (unpaired) electrons. The van der Waals surface area contributed by atoms with Crippen molar-refractivity contribution in [3.63, 3.8) is 0 Å². The first-order valence-electron chi connectivity index (χ1n) is 6.27. The Bertz CT molecular complexity index is 233. The van der Waals surface area contributed by atoms with Crippen molar-refractivity contribution < 1.29 is 4.74 Å². The summed E-state index contributed by atoms with van der Waals surface area (Å²) in [6, 6.07) is 2.50. The van der Waals surface area contributed by atoms with Gasteiger partial charge >= 0.3 is 0 Å². The fraction of sp³-hybridized carbons (Fsp3) is 0.857. The molecule has 94 valence electrons. The SMILES string of the molecule is C#CNCC(C)(CC)CC(C)(CC)OCC. The summed E-state index contributed by atoms with van der Waals surface area (Å²) in [5, 5.41) is 3.00. The molecule has 0 fully saturated rings. The van der Waals surface area contributed by atoms with E-state index in [1.807, 2.05) is 0 Å². The summed E-state index contributed by atoms with van der Waals surface area (Å²) < 4.78 is 5.88. The average Bonchev–Trinajstić information content (AvgIpc) is 2.27. The predicted octanol–water partition coefficient (Wildman–Crippen LogP) is 3.18. The van der Waals surface area contributed by atoms with Crippen molar-refractivity contribution in [2.24, 2.45) is 5.41 Å². The molecule has 2 atom stereocenters. The summed E-state index contributed by atoms with van der Waals surface area (Å²) in [6.45, 7) is 12.5. The van der Waals surface area contributed by atoms with E-state index in [1.165, 1.54) is 0 Å². The third-order valence-corrected chi connectivity index (χ3v) is 3.51. The van der Waals surface area contributed by atoms with Crippen molar-refractivity contribution in [2.45, 2.75) is 59.5 Å². The lowest BCUT2D eigenvalue weighted by molar-refractivity contribution is -0.0589. The van der Waals surface area contributed by atoms with E-state index in [0.29, 0.717) is 0 Å². The number of ether oxygens (including phenoxy) is 1. The topological polar surface area (TPSA) is 21.3 Å². The molecule has 0 spiro atoms. The van der Waals surface area contributed by atoms with Gasteiger partial charge in [0.25, 0.3) is 0 Å². The number of nitrogens with one attached hydrogen (secondary N) is 1. The summed E-state index contributed by atoms with van der Waals surface area (Å²) in [5.41, 5.74) is 0.169. The Morgan fingerprint density at radius 3 is 2.19 bits per heavy atom. The zero-order valence-corrected chi connectivity index (χ0v) is 11.5. The van der Waals surface area contributed by atoms with Crippen LogP contribution in [-0.2, 0) is 4.74 Å². The van der Waals surface area contributed by atoms with Crippen molar-refractivity contribution in [2.75, 3.05) is 13.2 Å². The van der Waals surface area contributed by atoms with Crippen LogP contribution in [0, 0.1) is 17.9 Å². The smallest absolute Gasteiger partial charge is 0.0657 e. The summed E-state index contributed by atoms with van der Waals surface area (Å²) in [6.07, 6.45) is 8.43. The number of hydrogen-bond donors (Lipinski definition) is 1. The first kappa shape index (κ1) is 15.3. The molecular formula is C14H27NO. The van der Waals surface area contributed by atoms with Gasteiger partial charge in [0.1, 0.15) is 0 Å². The van der Waals surface area contributed by atoms with E-state index in [0.717, 1.165) is 32.4 Å². The molecule has 0 saturated carbocycles. The molecule has 0 rings (SSSR count). The van der Waals surface area contributed by atoms with Crippen LogP contribution < -0.4 is 5.32 Å². The molecule has 1 N–H and O–H groups in total. The van der Waals surface area contributed by atoms with Gasteiger partial charge in [-0.15, -0.1) is 0 Å². The van der Waals surface area contributed by atoms with Crippen LogP contribution in [-0.4, -0.2) is 18.8 Å². The summed E-state index contributed by atoms with van der Waals surface area (Å²) in [7, 11) is 0. The van der Waals surface area contributed by atoms with Gasteiger partial charge in [-0.25, -0.2) is 0 Å². The molecule has 0 amide bonds. The van der Waals surface area contributed by atoms with Gasteiger partial charge in [-0.3, -0.25) is 0 Å².